The molecule has 1 aliphatic rings. The Morgan fingerprint density at radius 1 is 1.07 bits per heavy atom. The van der Waals surface area contributed by atoms with E-state index in [1.165, 1.54) is 0 Å². The Morgan fingerprint density at radius 3 is 2.59 bits per heavy atom. The van der Waals surface area contributed by atoms with Crippen molar-refractivity contribution in [3.63, 3.8) is 0 Å². The molecule has 5 nitrogen and oxygen atoms in total. The molecule has 0 spiro atoms. The van der Waals surface area contributed by atoms with E-state index >= 15 is 0 Å². The van der Waals surface area contributed by atoms with Crippen molar-refractivity contribution in [3.8, 4) is 11.5 Å². The summed E-state index contributed by atoms with van der Waals surface area (Å²) in [5, 5.41) is 3.28. The van der Waals surface area contributed by atoms with Gasteiger partial charge in [0.1, 0.15) is 0 Å². The number of nitrogens with one attached hydrogen (secondary N) is 1. The fourth-order valence-corrected chi connectivity index (χ4v) is 3.07. The Balaban J connectivity index is 1.52. The summed E-state index contributed by atoms with van der Waals surface area (Å²) in [4.78, 5) is 24.2. The second-order valence-corrected chi connectivity index (χ2v) is 6.93. The molecule has 0 saturated heterocycles. The highest BCUT2D eigenvalue weighted by atomic mass is 35.5. The lowest BCUT2D eigenvalue weighted by molar-refractivity contribution is -0.121. The molecule has 27 heavy (non-hydrogen) atoms. The predicted molar refractivity (Wildman–Crippen MR) is 104 cm³/mol. The van der Waals surface area contributed by atoms with E-state index in [0.717, 1.165) is 17.5 Å². The molecule has 0 aliphatic carbocycles. The first-order valence-electron chi connectivity index (χ1n) is 8.97. The van der Waals surface area contributed by atoms with Gasteiger partial charge in [-0.05, 0) is 24.6 Å². The van der Waals surface area contributed by atoms with Crippen molar-refractivity contribution in [2.75, 3.05) is 13.2 Å². The van der Waals surface area contributed by atoms with Crippen molar-refractivity contribution in [3.05, 3.63) is 58.1 Å². The summed E-state index contributed by atoms with van der Waals surface area (Å²) in [6, 6.07) is 10.9. The maximum absolute atomic E-state index is 12.1. The number of rotatable bonds is 6. The predicted octanol–water partition coefficient (Wildman–Crippen LogP) is 4.09. The zero-order valence-electron chi connectivity index (χ0n) is 15.2. The molecular weight excluding hydrogens is 366 g/mol. The Kier molecular flexibility index (Phi) is 6.35. The standard InChI is InChI=1S/C21H22ClNO4/c1-14-3-5-16(6-4-14)18(24)7-8-20(25)23-13-15-11-17(22)21-19(12-15)26-9-2-10-27-21/h3-6,11-12H,2,7-10,13H2,1H3,(H,23,25). The lowest BCUT2D eigenvalue weighted by Gasteiger charge is -2.12. The normalized spacial score (nSPS) is 13.0. The van der Waals surface area contributed by atoms with Crippen LogP contribution in [0.1, 0.15) is 40.7 Å². The highest BCUT2D eigenvalue weighted by Gasteiger charge is 2.16. The number of carbonyl (C=O) groups excluding carboxylic acids is 2. The van der Waals surface area contributed by atoms with Gasteiger partial charge in [0.15, 0.2) is 17.3 Å². The molecule has 0 aromatic heterocycles. The summed E-state index contributed by atoms with van der Waals surface area (Å²) in [6.07, 6.45) is 1.12. The van der Waals surface area contributed by atoms with Crippen molar-refractivity contribution < 1.29 is 19.1 Å². The van der Waals surface area contributed by atoms with Gasteiger partial charge in [-0.25, -0.2) is 0 Å². The number of hydrogen-bond donors (Lipinski definition) is 1. The van der Waals surface area contributed by atoms with Gasteiger partial charge in [0.05, 0.1) is 18.2 Å². The number of amides is 1. The highest BCUT2D eigenvalue weighted by Crippen LogP contribution is 2.37. The minimum Gasteiger partial charge on any atom is -0.489 e. The fourth-order valence-electron chi connectivity index (χ4n) is 2.79. The quantitative estimate of drug-likeness (QED) is 0.758. The van der Waals surface area contributed by atoms with E-state index in [1.54, 1.807) is 18.2 Å². The summed E-state index contributed by atoms with van der Waals surface area (Å²) in [5.41, 5.74) is 2.55. The monoisotopic (exact) mass is 387 g/mol. The Labute approximate surface area is 163 Å². The number of carbonyl (C=O) groups is 2. The first-order valence-corrected chi connectivity index (χ1v) is 9.35. The summed E-state index contributed by atoms with van der Waals surface area (Å²) in [5.74, 6) is 0.925. The van der Waals surface area contributed by atoms with Gasteiger partial charge in [-0.3, -0.25) is 9.59 Å². The molecule has 0 atom stereocenters. The van der Waals surface area contributed by atoms with Gasteiger partial charge >= 0.3 is 0 Å². The van der Waals surface area contributed by atoms with Crippen molar-refractivity contribution in [2.45, 2.75) is 32.7 Å². The number of benzene rings is 2. The summed E-state index contributed by atoms with van der Waals surface area (Å²) in [7, 11) is 0. The molecule has 0 fully saturated rings. The summed E-state index contributed by atoms with van der Waals surface area (Å²) in [6.45, 7) is 3.42. The third kappa shape index (κ3) is 5.23. The lowest BCUT2D eigenvalue weighted by Crippen LogP contribution is -2.23. The highest BCUT2D eigenvalue weighted by molar-refractivity contribution is 6.32. The Bertz CT molecular complexity index is 833. The van der Waals surface area contributed by atoms with Crippen molar-refractivity contribution in [2.24, 2.45) is 0 Å². The maximum atomic E-state index is 12.1. The first-order chi connectivity index (χ1) is 13.0. The Morgan fingerprint density at radius 2 is 1.81 bits per heavy atom. The summed E-state index contributed by atoms with van der Waals surface area (Å²) >= 11 is 6.25. The smallest absolute Gasteiger partial charge is 0.220 e. The van der Waals surface area contributed by atoms with E-state index in [-0.39, 0.29) is 24.5 Å². The molecule has 1 N–H and O–H groups in total. The maximum Gasteiger partial charge on any atom is 0.220 e. The van der Waals surface area contributed by atoms with Gasteiger partial charge in [-0.15, -0.1) is 0 Å². The van der Waals surface area contributed by atoms with Crippen LogP contribution in [-0.4, -0.2) is 24.9 Å². The molecule has 1 heterocycles. The topological polar surface area (TPSA) is 64.6 Å². The minimum atomic E-state index is -0.182. The molecule has 0 unspecified atom stereocenters. The van der Waals surface area contributed by atoms with E-state index < -0.39 is 0 Å². The van der Waals surface area contributed by atoms with Crippen LogP contribution in [0, 0.1) is 6.92 Å². The van der Waals surface area contributed by atoms with Gasteiger partial charge < -0.3 is 14.8 Å². The zero-order valence-corrected chi connectivity index (χ0v) is 16.0. The van der Waals surface area contributed by atoms with E-state index in [1.807, 2.05) is 25.1 Å². The average Bonchev–Trinajstić information content (AvgIpc) is 2.91. The SMILES string of the molecule is Cc1ccc(C(=O)CCC(=O)NCc2cc(Cl)c3c(c2)OCCCO3)cc1. The van der Waals surface area contributed by atoms with E-state index in [4.69, 9.17) is 21.1 Å². The van der Waals surface area contributed by atoms with Crippen LogP contribution in [0.25, 0.3) is 0 Å². The number of ether oxygens (including phenoxy) is 2. The van der Waals surface area contributed by atoms with Crippen molar-refractivity contribution >= 4 is 23.3 Å². The second kappa shape index (κ2) is 8.91. The second-order valence-electron chi connectivity index (χ2n) is 6.52. The van der Waals surface area contributed by atoms with Crippen LogP contribution in [0.2, 0.25) is 5.02 Å². The molecule has 142 valence electrons. The third-order valence-electron chi connectivity index (χ3n) is 4.30. The molecule has 1 amide bonds. The van der Waals surface area contributed by atoms with Crippen LogP contribution >= 0.6 is 11.6 Å². The number of fused-ring (bicyclic) bond motifs is 1. The van der Waals surface area contributed by atoms with Crippen LogP contribution in [0.5, 0.6) is 11.5 Å². The van der Waals surface area contributed by atoms with Crippen LogP contribution in [0.3, 0.4) is 0 Å². The van der Waals surface area contributed by atoms with Crippen LogP contribution in [0.4, 0.5) is 0 Å². The number of halogens is 1. The zero-order chi connectivity index (χ0) is 19.2. The van der Waals surface area contributed by atoms with Crippen LogP contribution in [0.15, 0.2) is 36.4 Å². The van der Waals surface area contributed by atoms with E-state index in [9.17, 15) is 9.59 Å². The number of aryl methyl sites for hydroxylation is 1. The molecule has 2 aromatic carbocycles. The molecule has 0 radical (unpaired) electrons. The number of ketones is 1. The van der Waals surface area contributed by atoms with E-state index in [0.29, 0.717) is 41.8 Å². The lowest BCUT2D eigenvalue weighted by atomic mass is 10.0. The molecule has 3 rings (SSSR count). The molecule has 1 aliphatic heterocycles. The molecule has 2 aromatic rings. The minimum absolute atomic E-state index is 0.0382. The Hall–Kier alpha value is -2.53. The largest absolute Gasteiger partial charge is 0.489 e. The van der Waals surface area contributed by atoms with Crippen molar-refractivity contribution in [1.29, 1.82) is 0 Å². The first kappa shape index (κ1) is 19.2. The van der Waals surface area contributed by atoms with Gasteiger partial charge in [0, 0.05) is 31.4 Å². The van der Waals surface area contributed by atoms with Crippen LogP contribution in [-0.2, 0) is 11.3 Å². The summed E-state index contributed by atoms with van der Waals surface area (Å²) < 4.78 is 11.2. The number of Topliss-reactive ketones (excluding diaryl/α,β-unsaturated/α-hetero) is 1. The fraction of sp³-hybridized carbons (Fsp3) is 0.333. The van der Waals surface area contributed by atoms with Gasteiger partial charge in [0.2, 0.25) is 5.91 Å². The molecule has 0 saturated carbocycles. The molecule has 0 bridgehead atoms. The molecular formula is C21H22ClNO4. The van der Waals surface area contributed by atoms with E-state index in [2.05, 4.69) is 5.32 Å². The average molecular weight is 388 g/mol. The van der Waals surface area contributed by atoms with Crippen molar-refractivity contribution in [1.82, 2.24) is 5.32 Å². The van der Waals surface area contributed by atoms with Gasteiger partial charge in [0.25, 0.3) is 0 Å². The van der Waals surface area contributed by atoms with Gasteiger partial charge in [-0.1, -0.05) is 41.4 Å². The van der Waals surface area contributed by atoms with Gasteiger partial charge in [-0.2, -0.15) is 0 Å². The number of hydrogen-bond acceptors (Lipinski definition) is 4. The molecule has 6 heteroatoms. The third-order valence-corrected chi connectivity index (χ3v) is 4.59. The van der Waals surface area contributed by atoms with Crippen LogP contribution < -0.4 is 14.8 Å².